The molecule has 0 saturated carbocycles. The first-order valence-corrected chi connectivity index (χ1v) is 13.8. The Morgan fingerprint density at radius 3 is 2.17 bits per heavy atom. The van der Waals surface area contributed by atoms with Crippen molar-refractivity contribution in [2.75, 3.05) is 0 Å². The SMILES string of the molecule is CCCc1c(C)c2ccc(OC(=O)C(CCC(=O)OCc3ccccc3)NC(=O)OCc3ccccc3)cc2oc1=O. The number of fused-ring (bicyclic) bond motifs is 1. The maximum Gasteiger partial charge on any atom is 0.408 e. The van der Waals surface area contributed by atoms with Crippen molar-refractivity contribution in [1.29, 1.82) is 0 Å². The number of esters is 2. The summed E-state index contributed by atoms with van der Waals surface area (Å²) in [5.41, 5.74) is 2.87. The highest BCUT2D eigenvalue weighted by atomic mass is 16.6. The minimum atomic E-state index is -1.21. The Kier molecular flexibility index (Phi) is 10.5. The van der Waals surface area contributed by atoms with Crippen molar-refractivity contribution in [3.63, 3.8) is 0 Å². The molecule has 4 aromatic rings. The third kappa shape index (κ3) is 8.30. The highest BCUT2D eigenvalue weighted by Crippen LogP contribution is 2.25. The van der Waals surface area contributed by atoms with Gasteiger partial charge in [0.1, 0.15) is 30.6 Å². The normalized spacial score (nSPS) is 11.5. The standard InChI is InChI=1S/C33H33NO8/c1-3-10-27-22(2)26-16-15-25(19-29(26)42-31(27)36)41-32(37)28(34-33(38)40-21-24-13-8-5-9-14-24)17-18-30(35)39-20-23-11-6-4-7-12-23/h4-9,11-16,19,28H,3,10,17-18,20-21H2,1-2H3,(H,34,38). The molecule has 9 nitrogen and oxygen atoms in total. The van der Waals surface area contributed by atoms with Crippen molar-refractivity contribution in [2.24, 2.45) is 0 Å². The molecule has 1 unspecified atom stereocenters. The van der Waals surface area contributed by atoms with Gasteiger partial charge in [0.05, 0.1) is 0 Å². The van der Waals surface area contributed by atoms with Crippen LogP contribution in [-0.2, 0) is 38.7 Å². The Hall–Kier alpha value is -4.92. The summed E-state index contributed by atoms with van der Waals surface area (Å²) in [6, 6.07) is 21.8. The van der Waals surface area contributed by atoms with Gasteiger partial charge >= 0.3 is 23.7 Å². The summed E-state index contributed by atoms with van der Waals surface area (Å²) in [6.45, 7) is 3.92. The summed E-state index contributed by atoms with van der Waals surface area (Å²) in [6.07, 6.45) is 0.311. The number of alkyl carbamates (subject to hydrolysis) is 1. The maximum absolute atomic E-state index is 13.2. The molecule has 0 aliphatic carbocycles. The lowest BCUT2D eigenvalue weighted by molar-refractivity contribution is -0.145. The third-order valence-corrected chi connectivity index (χ3v) is 6.65. The molecule has 0 fully saturated rings. The van der Waals surface area contributed by atoms with Gasteiger partial charge in [0.15, 0.2) is 0 Å². The lowest BCUT2D eigenvalue weighted by Crippen LogP contribution is -2.43. The Morgan fingerprint density at radius 2 is 1.52 bits per heavy atom. The molecular formula is C33H33NO8. The molecule has 0 bridgehead atoms. The molecule has 1 amide bonds. The van der Waals surface area contributed by atoms with Gasteiger partial charge in [-0.1, -0.05) is 74.0 Å². The van der Waals surface area contributed by atoms with E-state index in [4.69, 9.17) is 18.6 Å². The second kappa shape index (κ2) is 14.6. The molecule has 218 valence electrons. The van der Waals surface area contributed by atoms with E-state index >= 15 is 0 Å². The molecule has 3 aromatic carbocycles. The van der Waals surface area contributed by atoms with Crippen molar-refractivity contribution in [2.45, 2.75) is 58.8 Å². The Labute approximate surface area is 243 Å². The molecule has 0 saturated heterocycles. The molecule has 1 N–H and O–H groups in total. The quantitative estimate of drug-likeness (QED) is 0.129. The van der Waals surface area contributed by atoms with E-state index in [0.29, 0.717) is 12.0 Å². The van der Waals surface area contributed by atoms with Crippen LogP contribution in [0.25, 0.3) is 11.0 Å². The lowest BCUT2D eigenvalue weighted by Gasteiger charge is -2.17. The van der Waals surface area contributed by atoms with Gasteiger partial charge in [0.2, 0.25) is 0 Å². The number of rotatable bonds is 12. The van der Waals surface area contributed by atoms with E-state index in [1.54, 1.807) is 24.3 Å². The van der Waals surface area contributed by atoms with E-state index in [2.05, 4.69) is 5.32 Å². The van der Waals surface area contributed by atoms with Crippen LogP contribution in [0.4, 0.5) is 4.79 Å². The van der Waals surface area contributed by atoms with Crippen LogP contribution in [0.5, 0.6) is 5.75 Å². The summed E-state index contributed by atoms with van der Waals surface area (Å²) < 4.78 is 21.6. The largest absolute Gasteiger partial charge is 0.461 e. The van der Waals surface area contributed by atoms with Crippen LogP contribution >= 0.6 is 0 Å². The summed E-state index contributed by atoms with van der Waals surface area (Å²) >= 11 is 0. The number of nitrogens with one attached hydrogen (secondary N) is 1. The first kappa shape index (κ1) is 30.0. The molecule has 9 heteroatoms. The van der Waals surface area contributed by atoms with Crippen molar-refractivity contribution in [1.82, 2.24) is 5.32 Å². The Balaban J connectivity index is 1.44. The zero-order valence-electron chi connectivity index (χ0n) is 23.6. The fourth-order valence-corrected chi connectivity index (χ4v) is 4.39. The van der Waals surface area contributed by atoms with E-state index in [0.717, 1.165) is 28.5 Å². The Morgan fingerprint density at radius 1 is 0.881 bits per heavy atom. The van der Waals surface area contributed by atoms with Crippen molar-refractivity contribution >= 4 is 29.0 Å². The van der Waals surface area contributed by atoms with E-state index in [1.807, 2.05) is 62.4 Å². The van der Waals surface area contributed by atoms with Gasteiger partial charge in [-0.05, 0) is 48.6 Å². The molecule has 42 heavy (non-hydrogen) atoms. The number of carbonyl (C=O) groups excluding carboxylic acids is 3. The zero-order valence-corrected chi connectivity index (χ0v) is 23.6. The van der Waals surface area contributed by atoms with Crippen molar-refractivity contribution in [3.8, 4) is 5.75 Å². The lowest BCUT2D eigenvalue weighted by atomic mass is 10.0. The van der Waals surface area contributed by atoms with Gasteiger partial charge in [-0.15, -0.1) is 0 Å². The summed E-state index contributed by atoms with van der Waals surface area (Å²) in [5, 5.41) is 3.23. The van der Waals surface area contributed by atoms with E-state index in [1.165, 1.54) is 6.07 Å². The van der Waals surface area contributed by atoms with Gasteiger partial charge in [0, 0.05) is 23.4 Å². The second-order valence-electron chi connectivity index (χ2n) is 9.77. The number of aryl methyl sites for hydroxylation is 1. The van der Waals surface area contributed by atoms with Crippen LogP contribution in [-0.4, -0.2) is 24.1 Å². The zero-order chi connectivity index (χ0) is 29.9. The average Bonchev–Trinajstić information content (AvgIpc) is 3.00. The fraction of sp³-hybridized carbons (Fsp3) is 0.273. The molecule has 4 rings (SSSR count). The monoisotopic (exact) mass is 571 g/mol. The first-order valence-electron chi connectivity index (χ1n) is 13.8. The predicted octanol–water partition coefficient (Wildman–Crippen LogP) is 5.78. The molecular weight excluding hydrogens is 538 g/mol. The van der Waals surface area contributed by atoms with Crippen LogP contribution in [0.2, 0.25) is 0 Å². The van der Waals surface area contributed by atoms with Gasteiger partial charge in [0.25, 0.3) is 0 Å². The molecule has 0 aliphatic heterocycles. The molecule has 1 aromatic heterocycles. The van der Waals surface area contributed by atoms with Crippen molar-refractivity contribution < 1.29 is 33.0 Å². The Bertz CT molecular complexity index is 1580. The van der Waals surface area contributed by atoms with Crippen molar-refractivity contribution in [3.05, 3.63) is 112 Å². The first-order chi connectivity index (χ1) is 20.3. The van der Waals surface area contributed by atoms with Gasteiger partial charge in [-0.2, -0.15) is 0 Å². The summed E-state index contributed by atoms with van der Waals surface area (Å²) in [4.78, 5) is 50.7. The summed E-state index contributed by atoms with van der Waals surface area (Å²) in [5.74, 6) is -1.24. The maximum atomic E-state index is 13.2. The third-order valence-electron chi connectivity index (χ3n) is 6.65. The van der Waals surface area contributed by atoms with Crippen LogP contribution in [0, 0.1) is 6.92 Å². The highest BCUT2D eigenvalue weighted by molar-refractivity contribution is 5.86. The van der Waals surface area contributed by atoms with Gasteiger partial charge in [-0.25, -0.2) is 14.4 Å². The fourth-order valence-electron chi connectivity index (χ4n) is 4.39. The minimum Gasteiger partial charge on any atom is -0.461 e. The number of benzene rings is 3. The van der Waals surface area contributed by atoms with Crippen LogP contribution in [0.3, 0.4) is 0 Å². The van der Waals surface area contributed by atoms with Crippen LogP contribution in [0.15, 0.2) is 88.1 Å². The van der Waals surface area contributed by atoms with Crippen LogP contribution in [0.1, 0.15) is 48.4 Å². The number of carbonyl (C=O) groups is 3. The minimum absolute atomic E-state index is 0.00334. The van der Waals surface area contributed by atoms with E-state index in [-0.39, 0.29) is 37.4 Å². The average molecular weight is 572 g/mol. The van der Waals surface area contributed by atoms with E-state index < -0.39 is 29.7 Å². The molecule has 1 atom stereocenters. The second-order valence-corrected chi connectivity index (χ2v) is 9.77. The number of hydrogen-bond donors (Lipinski definition) is 1. The summed E-state index contributed by atoms with van der Waals surface area (Å²) in [7, 11) is 0. The van der Waals surface area contributed by atoms with Gasteiger partial charge in [-0.3, -0.25) is 4.79 Å². The van der Waals surface area contributed by atoms with Crippen LogP contribution < -0.4 is 15.7 Å². The van der Waals surface area contributed by atoms with Gasteiger partial charge < -0.3 is 23.9 Å². The number of ether oxygens (including phenoxy) is 3. The molecule has 1 heterocycles. The predicted molar refractivity (Wildman–Crippen MR) is 156 cm³/mol. The smallest absolute Gasteiger partial charge is 0.408 e. The number of hydrogen-bond acceptors (Lipinski definition) is 8. The molecule has 0 aliphatic rings. The molecule has 0 spiro atoms. The highest BCUT2D eigenvalue weighted by Gasteiger charge is 2.25. The molecule has 0 radical (unpaired) electrons. The van der Waals surface area contributed by atoms with E-state index in [9.17, 15) is 19.2 Å². The number of amides is 1. The topological polar surface area (TPSA) is 121 Å².